The summed E-state index contributed by atoms with van der Waals surface area (Å²) in [5, 5.41) is 3.99. The van der Waals surface area contributed by atoms with E-state index in [4.69, 9.17) is 39.5 Å². The van der Waals surface area contributed by atoms with Crippen molar-refractivity contribution in [2.75, 3.05) is 11.9 Å². The Morgan fingerprint density at radius 2 is 1.73 bits per heavy atom. The minimum absolute atomic E-state index is 0.220. The van der Waals surface area contributed by atoms with Gasteiger partial charge in [0.25, 0.3) is 5.91 Å². The van der Waals surface area contributed by atoms with Crippen LogP contribution in [0.25, 0.3) is 0 Å². The van der Waals surface area contributed by atoms with E-state index in [9.17, 15) is 4.79 Å². The summed E-state index contributed by atoms with van der Waals surface area (Å²) in [5.41, 5.74) is 4.13. The number of carbonyl (C=O) groups excluding carboxylic acids is 1. The Kier molecular flexibility index (Phi) is 7.38. The molecule has 1 N–H and O–H groups in total. The summed E-state index contributed by atoms with van der Waals surface area (Å²) in [6, 6.07) is 16.4. The lowest BCUT2D eigenvalue weighted by atomic mass is 10.2. The van der Waals surface area contributed by atoms with Gasteiger partial charge in [0.05, 0.1) is 15.7 Å². The molecule has 0 spiro atoms. The number of nitrogens with zero attached hydrogens (tertiary/aromatic N) is 1. The minimum Gasteiger partial charge on any atom is -0.481 e. The van der Waals surface area contributed by atoms with Gasteiger partial charge in [0, 0.05) is 16.9 Å². The predicted octanol–water partition coefficient (Wildman–Crippen LogP) is 7.03. The van der Waals surface area contributed by atoms with Gasteiger partial charge in [-0.3, -0.25) is 9.79 Å². The lowest BCUT2D eigenvalue weighted by Crippen LogP contribution is -2.20. The maximum absolute atomic E-state index is 12.1. The number of anilines is 1. The first kappa shape index (κ1) is 22.2. The van der Waals surface area contributed by atoms with Crippen molar-refractivity contribution in [2.24, 2.45) is 4.99 Å². The number of carbonyl (C=O) groups is 1. The van der Waals surface area contributed by atoms with Crippen molar-refractivity contribution in [3.8, 4) is 5.75 Å². The van der Waals surface area contributed by atoms with E-state index in [1.807, 2.05) is 44.2 Å². The number of ether oxygens (including phenoxy) is 1. The van der Waals surface area contributed by atoms with Gasteiger partial charge in [0.1, 0.15) is 0 Å². The Morgan fingerprint density at radius 3 is 2.40 bits per heavy atom. The van der Waals surface area contributed by atoms with Crippen molar-refractivity contribution in [3.63, 3.8) is 0 Å². The number of benzene rings is 3. The molecule has 0 saturated heterocycles. The lowest BCUT2D eigenvalue weighted by Gasteiger charge is -2.11. The number of hydrogen-bond acceptors (Lipinski definition) is 3. The summed E-state index contributed by atoms with van der Waals surface area (Å²) >= 11 is 18.7. The molecule has 3 aromatic rings. The molecule has 0 atom stereocenters. The zero-order valence-electron chi connectivity index (χ0n) is 16.4. The van der Waals surface area contributed by atoms with Gasteiger partial charge in [-0.15, -0.1) is 0 Å². The largest absolute Gasteiger partial charge is 0.481 e. The van der Waals surface area contributed by atoms with E-state index in [-0.39, 0.29) is 28.3 Å². The number of aliphatic imine (C=N–C) groups is 1. The first-order chi connectivity index (χ1) is 14.3. The monoisotopic (exact) mass is 460 g/mol. The van der Waals surface area contributed by atoms with Crippen LogP contribution in [-0.4, -0.2) is 18.7 Å². The van der Waals surface area contributed by atoms with E-state index in [2.05, 4.69) is 10.3 Å². The number of aryl methyl sites for hydroxylation is 2. The topological polar surface area (TPSA) is 50.7 Å². The molecule has 30 heavy (non-hydrogen) atoms. The van der Waals surface area contributed by atoms with E-state index in [1.54, 1.807) is 30.5 Å². The van der Waals surface area contributed by atoms with Gasteiger partial charge >= 0.3 is 0 Å². The van der Waals surface area contributed by atoms with Crippen molar-refractivity contribution in [3.05, 3.63) is 86.4 Å². The molecule has 7 heteroatoms. The zero-order valence-corrected chi connectivity index (χ0v) is 18.6. The molecule has 0 heterocycles. The molecule has 3 aromatic carbocycles. The molecule has 0 aliphatic rings. The number of amides is 1. The van der Waals surface area contributed by atoms with E-state index in [1.165, 1.54) is 0 Å². The van der Waals surface area contributed by atoms with Crippen LogP contribution in [0, 0.1) is 13.8 Å². The predicted molar refractivity (Wildman–Crippen MR) is 125 cm³/mol. The highest BCUT2D eigenvalue weighted by Crippen LogP contribution is 2.34. The molecule has 1 amide bonds. The van der Waals surface area contributed by atoms with E-state index in [0.29, 0.717) is 22.0 Å². The number of halogens is 3. The van der Waals surface area contributed by atoms with Crippen LogP contribution in [0.1, 0.15) is 16.7 Å². The fourth-order valence-corrected chi connectivity index (χ4v) is 3.45. The SMILES string of the molecule is Cc1cccc(NC(=O)COc2c(Cl)cc(C=Nc3ccc(C)c(Cl)c3)cc2Cl)c1. The normalized spacial score (nSPS) is 11.0. The molecule has 0 radical (unpaired) electrons. The summed E-state index contributed by atoms with van der Waals surface area (Å²) in [7, 11) is 0. The average Bonchev–Trinajstić information content (AvgIpc) is 2.68. The highest BCUT2D eigenvalue weighted by atomic mass is 35.5. The average molecular weight is 462 g/mol. The Balaban J connectivity index is 1.66. The van der Waals surface area contributed by atoms with Crippen molar-refractivity contribution < 1.29 is 9.53 Å². The van der Waals surface area contributed by atoms with Crippen LogP contribution in [0.15, 0.2) is 59.6 Å². The second kappa shape index (κ2) is 9.98. The summed E-state index contributed by atoms with van der Waals surface area (Å²) in [4.78, 5) is 16.5. The lowest BCUT2D eigenvalue weighted by molar-refractivity contribution is -0.118. The molecule has 0 unspecified atom stereocenters. The molecule has 4 nitrogen and oxygen atoms in total. The van der Waals surface area contributed by atoms with Crippen LogP contribution in [0.4, 0.5) is 11.4 Å². The summed E-state index contributed by atoms with van der Waals surface area (Å²) in [6.07, 6.45) is 1.63. The molecular weight excluding hydrogens is 443 g/mol. The van der Waals surface area contributed by atoms with E-state index in [0.717, 1.165) is 11.1 Å². The summed E-state index contributed by atoms with van der Waals surface area (Å²) in [6.45, 7) is 3.65. The standard InChI is InChI=1S/C23H19Cl3N2O2/c1-14-4-3-5-18(8-14)28-22(29)13-30-23-20(25)9-16(10-21(23)26)12-27-17-7-6-15(2)19(24)11-17/h3-12H,13H2,1-2H3,(H,28,29). The van der Waals surface area contributed by atoms with E-state index >= 15 is 0 Å². The first-order valence-corrected chi connectivity index (χ1v) is 10.2. The van der Waals surface area contributed by atoms with Crippen molar-refractivity contribution in [1.82, 2.24) is 0 Å². The van der Waals surface area contributed by atoms with Crippen LogP contribution in [0.5, 0.6) is 5.75 Å². The minimum atomic E-state index is -0.311. The molecule has 3 rings (SSSR count). The second-order valence-electron chi connectivity index (χ2n) is 6.71. The fraction of sp³-hybridized carbons (Fsp3) is 0.130. The highest BCUT2D eigenvalue weighted by Gasteiger charge is 2.12. The van der Waals surface area contributed by atoms with Crippen LogP contribution < -0.4 is 10.1 Å². The smallest absolute Gasteiger partial charge is 0.262 e. The Labute approximate surface area is 190 Å². The summed E-state index contributed by atoms with van der Waals surface area (Å²) < 4.78 is 5.54. The zero-order chi connectivity index (χ0) is 21.7. The third-order valence-electron chi connectivity index (χ3n) is 4.19. The van der Waals surface area contributed by atoms with Gasteiger partial charge in [0.2, 0.25) is 0 Å². The van der Waals surface area contributed by atoms with Crippen molar-refractivity contribution >= 4 is 58.3 Å². The molecule has 0 aliphatic carbocycles. The van der Waals surface area contributed by atoms with Gasteiger partial charge in [-0.05, 0) is 66.9 Å². The van der Waals surface area contributed by atoms with Crippen LogP contribution >= 0.6 is 34.8 Å². The molecule has 0 aromatic heterocycles. The Bertz CT molecular complexity index is 1090. The van der Waals surface area contributed by atoms with Gasteiger partial charge in [-0.25, -0.2) is 0 Å². The van der Waals surface area contributed by atoms with Gasteiger partial charge in [0.15, 0.2) is 12.4 Å². The fourth-order valence-electron chi connectivity index (χ4n) is 2.66. The maximum atomic E-state index is 12.1. The number of hydrogen-bond donors (Lipinski definition) is 1. The quantitative estimate of drug-likeness (QED) is 0.400. The molecule has 0 aliphatic heterocycles. The summed E-state index contributed by atoms with van der Waals surface area (Å²) in [5.74, 6) is -0.0668. The van der Waals surface area contributed by atoms with Gasteiger partial charge < -0.3 is 10.1 Å². The van der Waals surface area contributed by atoms with Crippen molar-refractivity contribution in [1.29, 1.82) is 0 Å². The third-order valence-corrected chi connectivity index (χ3v) is 5.16. The molecule has 0 saturated carbocycles. The highest BCUT2D eigenvalue weighted by molar-refractivity contribution is 6.37. The van der Waals surface area contributed by atoms with Crippen LogP contribution in [-0.2, 0) is 4.79 Å². The molecular formula is C23H19Cl3N2O2. The van der Waals surface area contributed by atoms with Crippen LogP contribution in [0.3, 0.4) is 0 Å². The van der Waals surface area contributed by atoms with Gasteiger partial charge in [-0.2, -0.15) is 0 Å². The maximum Gasteiger partial charge on any atom is 0.262 e. The Hall–Kier alpha value is -2.53. The number of rotatable bonds is 6. The third kappa shape index (κ3) is 5.99. The second-order valence-corrected chi connectivity index (χ2v) is 7.93. The first-order valence-electron chi connectivity index (χ1n) is 9.10. The Morgan fingerprint density at radius 1 is 1.00 bits per heavy atom. The van der Waals surface area contributed by atoms with Gasteiger partial charge in [-0.1, -0.05) is 53.0 Å². The number of nitrogens with one attached hydrogen (secondary N) is 1. The molecule has 0 fully saturated rings. The van der Waals surface area contributed by atoms with E-state index < -0.39 is 0 Å². The molecule has 154 valence electrons. The molecule has 0 bridgehead atoms. The van der Waals surface area contributed by atoms with Crippen LogP contribution in [0.2, 0.25) is 15.1 Å². The van der Waals surface area contributed by atoms with Crippen molar-refractivity contribution in [2.45, 2.75) is 13.8 Å².